The quantitative estimate of drug-likeness (QED) is 0.727. The molecule has 0 saturated heterocycles. The average Bonchev–Trinajstić information content (AvgIpc) is 2.40. The Morgan fingerprint density at radius 3 is 3.14 bits per heavy atom. The number of fused-ring (bicyclic) bond motifs is 1. The van der Waals surface area contributed by atoms with Gasteiger partial charge >= 0.3 is 5.97 Å². The Morgan fingerprint density at radius 1 is 1.64 bits per heavy atom. The highest BCUT2D eigenvalue weighted by atomic mass is 19.1. The largest absolute Gasteiger partial charge is 0.478 e. The summed E-state index contributed by atoms with van der Waals surface area (Å²) in [4.78, 5) is 10.7. The van der Waals surface area contributed by atoms with Crippen molar-refractivity contribution in [1.82, 2.24) is 9.78 Å². The Labute approximate surface area is 79.0 Å². The first-order valence-electron chi connectivity index (χ1n) is 4.01. The van der Waals surface area contributed by atoms with Crippen LogP contribution in [0.1, 0.15) is 5.69 Å². The van der Waals surface area contributed by atoms with Gasteiger partial charge in [-0.05, 0) is 12.2 Å². The summed E-state index contributed by atoms with van der Waals surface area (Å²) in [6.07, 6.45) is 5.62. The third-order valence-corrected chi connectivity index (χ3v) is 2.00. The molecule has 1 aromatic heterocycles. The van der Waals surface area contributed by atoms with Gasteiger partial charge in [0, 0.05) is 18.2 Å². The molecule has 2 rings (SSSR count). The van der Waals surface area contributed by atoms with Gasteiger partial charge in [-0.15, -0.1) is 0 Å². The number of nitrogens with zero attached hydrogens (tertiary/aromatic N) is 2. The molecule has 1 N–H and O–H groups in total. The Bertz CT molecular complexity index is 446. The van der Waals surface area contributed by atoms with E-state index in [1.54, 1.807) is 0 Å². The van der Waals surface area contributed by atoms with Gasteiger partial charge in [-0.2, -0.15) is 5.10 Å². The number of hydrogen-bond acceptors (Lipinski definition) is 2. The fourth-order valence-electron chi connectivity index (χ4n) is 1.29. The molecule has 0 aromatic carbocycles. The van der Waals surface area contributed by atoms with Crippen molar-refractivity contribution in [2.24, 2.45) is 0 Å². The molecule has 1 aliphatic heterocycles. The van der Waals surface area contributed by atoms with Crippen LogP contribution in [-0.2, 0) is 11.2 Å². The first kappa shape index (κ1) is 8.68. The highest BCUT2D eigenvalue weighted by Gasteiger charge is 2.16. The van der Waals surface area contributed by atoms with Crippen molar-refractivity contribution in [2.75, 3.05) is 0 Å². The zero-order chi connectivity index (χ0) is 10.1. The highest BCUT2D eigenvalue weighted by molar-refractivity contribution is 5.87. The molecule has 1 aliphatic rings. The van der Waals surface area contributed by atoms with Gasteiger partial charge in [0.2, 0.25) is 0 Å². The fraction of sp³-hybridized carbons (Fsp3) is 0.111. The maximum atomic E-state index is 13.1. The average molecular weight is 194 g/mol. The van der Waals surface area contributed by atoms with E-state index >= 15 is 0 Å². The standard InChI is InChI=1S/C9H7FN2O2/c10-7-5-11-12-3-1-2-6(9(13)14)4-8(7)12/h1-3,5H,4H2,(H,13,14). The predicted molar refractivity (Wildman–Crippen MR) is 46.9 cm³/mol. The van der Waals surface area contributed by atoms with Gasteiger partial charge in [-0.1, -0.05) is 0 Å². The number of carboxylic acids is 1. The summed E-state index contributed by atoms with van der Waals surface area (Å²) in [5, 5.41) is 12.5. The zero-order valence-electron chi connectivity index (χ0n) is 7.14. The highest BCUT2D eigenvalue weighted by Crippen LogP contribution is 2.15. The van der Waals surface area contributed by atoms with Crippen LogP contribution in [0, 0.1) is 5.82 Å². The van der Waals surface area contributed by atoms with Gasteiger partial charge in [-0.25, -0.2) is 13.9 Å². The van der Waals surface area contributed by atoms with E-state index in [2.05, 4.69) is 5.10 Å². The van der Waals surface area contributed by atoms with Gasteiger partial charge in [-0.3, -0.25) is 0 Å². The van der Waals surface area contributed by atoms with Crippen molar-refractivity contribution in [2.45, 2.75) is 6.42 Å². The molecule has 4 nitrogen and oxygen atoms in total. The number of aromatic nitrogens is 2. The molecule has 0 unspecified atom stereocenters. The molecule has 0 saturated carbocycles. The molecule has 2 heterocycles. The number of rotatable bonds is 1. The first-order valence-corrected chi connectivity index (χ1v) is 4.01. The third kappa shape index (κ3) is 1.32. The molecule has 0 fully saturated rings. The minimum Gasteiger partial charge on any atom is -0.478 e. The lowest BCUT2D eigenvalue weighted by molar-refractivity contribution is -0.132. The van der Waals surface area contributed by atoms with Gasteiger partial charge in [0.1, 0.15) is 0 Å². The molecule has 5 heteroatoms. The van der Waals surface area contributed by atoms with Crippen molar-refractivity contribution in [3.05, 3.63) is 35.4 Å². The molecule has 72 valence electrons. The van der Waals surface area contributed by atoms with Crippen molar-refractivity contribution < 1.29 is 14.3 Å². The van der Waals surface area contributed by atoms with Crippen LogP contribution in [0.15, 0.2) is 23.9 Å². The Hall–Kier alpha value is -1.91. The molecule has 0 spiro atoms. The minimum atomic E-state index is -1.04. The van der Waals surface area contributed by atoms with Crippen LogP contribution in [-0.4, -0.2) is 20.9 Å². The van der Waals surface area contributed by atoms with Crippen molar-refractivity contribution >= 4 is 12.2 Å². The first-order chi connectivity index (χ1) is 6.68. The molecule has 0 bridgehead atoms. The second-order valence-electron chi connectivity index (χ2n) is 2.90. The number of carboxylic acid groups (broad SMARTS) is 1. The van der Waals surface area contributed by atoms with Gasteiger partial charge < -0.3 is 5.11 Å². The van der Waals surface area contributed by atoms with Crippen LogP contribution in [0.2, 0.25) is 0 Å². The molecule has 0 aliphatic carbocycles. The van der Waals surface area contributed by atoms with Gasteiger partial charge in [0.05, 0.1) is 11.9 Å². The van der Waals surface area contributed by atoms with Crippen LogP contribution < -0.4 is 0 Å². The second-order valence-corrected chi connectivity index (χ2v) is 2.90. The topological polar surface area (TPSA) is 55.1 Å². The van der Waals surface area contributed by atoms with E-state index in [1.807, 2.05) is 0 Å². The summed E-state index contributed by atoms with van der Waals surface area (Å²) in [5.41, 5.74) is 0.423. The number of carbonyl (C=O) groups is 1. The van der Waals surface area contributed by atoms with E-state index in [9.17, 15) is 9.18 Å². The van der Waals surface area contributed by atoms with Crippen molar-refractivity contribution in [3.63, 3.8) is 0 Å². The van der Waals surface area contributed by atoms with E-state index in [0.717, 1.165) is 6.20 Å². The van der Waals surface area contributed by atoms with Crippen molar-refractivity contribution in [1.29, 1.82) is 0 Å². The number of aliphatic carboxylic acids is 1. The van der Waals surface area contributed by atoms with Crippen LogP contribution in [0.3, 0.4) is 0 Å². The summed E-state index contributed by atoms with van der Waals surface area (Å²) in [7, 11) is 0. The number of allylic oxidation sites excluding steroid dienone is 2. The maximum Gasteiger partial charge on any atom is 0.331 e. The van der Waals surface area contributed by atoms with E-state index in [0.29, 0.717) is 0 Å². The molecule has 0 radical (unpaired) electrons. The lowest BCUT2D eigenvalue weighted by atomic mass is 10.1. The second kappa shape index (κ2) is 3.10. The lowest BCUT2D eigenvalue weighted by Gasteiger charge is -2.00. The monoisotopic (exact) mass is 194 g/mol. The molecule has 0 atom stereocenters. The van der Waals surface area contributed by atoms with Crippen molar-refractivity contribution in [3.8, 4) is 0 Å². The Kier molecular flexibility index (Phi) is 1.92. The molecular weight excluding hydrogens is 187 g/mol. The maximum absolute atomic E-state index is 13.1. The number of halogens is 1. The van der Waals surface area contributed by atoms with Crippen LogP contribution >= 0.6 is 0 Å². The molecule has 1 aromatic rings. The lowest BCUT2D eigenvalue weighted by Crippen LogP contribution is -2.06. The van der Waals surface area contributed by atoms with E-state index in [-0.39, 0.29) is 17.7 Å². The van der Waals surface area contributed by atoms with E-state index < -0.39 is 11.8 Å². The normalized spacial score (nSPS) is 14.5. The van der Waals surface area contributed by atoms with Crippen LogP contribution in [0.5, 0.6) is 0 Å². The SMILES string of the molecule is O=C(O)C1=CC=Cn2ncc(F)c2C1. The smallest absolute Gasteiger partial charge is 0.331 e. The molecule has 0 amide bonds. The summed E-state index contributed by atoms with van der Waals surface area (Å²) >= 11 is 0. The summed E-state index contributed by atoms with van der Waals surface area (Å²) in [6, 6.07) is 0. The molecule has 14 heavy (non-hydrogen) atoms. The van der Waals surface area contributed by atoms with Gasteiger partial charge in [0.15, 0.2) is 5.82 Å². The van der Waals surface area contributed by atoms with E-state index in [1.165, 1.54) is 23.0 Å². The van der Waals surface area contributed by atoms with E-state index in [4.69, 9.17) is 5.11 Å². The Morgan fingerprint density at radius 2 is 2.43 bits per heavy atom. The summed E-state index contributed by atoms with van der Waals surface area (Å²) < 4.78 is 14.4. The fourth-order valence-corrected chi connectivity index (χ4v) is 1.29. The van der Waals surface area contributed by atoms with Crippen LogP contribution in [0.25, 0.3) is 6.20 Å². The summed E-state index contributed by atoms with van der Waals surface area (Å²) in [6.45, 7) is 0. The van der Waals surface area contributed by atoms with Crippen LogP contribution in [0.4, 0.5) is 4.39 Å². The molecular formula is C9H7FN2O2. The predicted octanol–water partition coefficient (Wildman–Crippen LogP) is 1.06. The van der Waals surface area contributed by atoms with Gasteiger partial charge in [0.25, 0.3) is 0 Å². The zero-order valence-corrected chi connectivity index (χ0v) is 7.14. The summed E-state index contributed by atoms with van der Waals surface area (Å²) in [5.74, 6) is -1.52. The minimum absolute atomic E-state index is 0.0498. The third-order valence-electron chi connectivity index (χ3n) is 2.00. The Balaban J connectivity index is 2.45. The number of hydrogen-bond donors (Lipinski definition) is 1.